The van der Waals surface area contributed by atoms with Crippen LogP contribution in [0.1, 0.15) is 266 Å². The Morgan fingerprint density at radius 1 is 0.545 bits per heavy atom. The van der Waals surface area contributed by atoms with E-state index in [1.807, 2.05) is 32.9 Å². The number of allylic oxidation sites excluding steroid dienone is 2. The molecule has 6 saturated carbocycles. The average Bonchev–Trinajstić information content (AvgIpc) is 4.01. The van der Waals surface area contributed by atoms with Gasteiger partial charge in [-0.25, -0.2) is 24.0 Å². The smallest absolute Gasteiger partial charge is 1.00 e. The van der Waals surface area contributed by atoms with E-state index in [1.165, 1.54) is 50.5 Å². The van der Waals surface area contributed by atoms with E-state index in [0.29, 0.717) is 17.4 Å². The quantitative estimate of drug-likeness (QED) is 0.0317. The summed E-state index contributed by atoms with van der Waals surface area (Å²) >= 11 is 12.5. The Bertz CT molecular complexity index is 2100. The number of rotatable bonds is 15. The van der Waals surface area contributed by atoms with Crippen molar-refractivity contribution in [1.82, 2.24) is 0 Å². The SMILES string of the molecule is C=C(C)OC(=O)Cl.C=C(C)OC(=O)OC1CCCCC1.CC(C)(Cl)OC(=O)OC1CCCCC1.CC(C)(I)OC(=O)OC1CCCCC1.C[C@H](C(=O)CC(C)(C)OC(=O)OC1CCCCC1)c1ccc(C[C@H]2CCC[C@@H]2O)cc1.OC1CCCCC1.[I-].[Na+]. The van der Waals surface area contributed by atoms with E-state index in [4.69, 9.17) is 66.2 Å². The molecule has 0 saturated heterocycles. The molecule has 88 heavy (non-hydrogen) atoms. The van der Waals surface area contributed by atoms with E-state index >= 15 is 0 Å². The average molecular weight is 1520 g/mol. The van der Waals surface area contributed by atoms with E-state index < -0.39 is 44.3 Å². The summed E-state index contributed by atoms with van der Waals surface area (Å²) in [6.45, 7) is 22.2. The standard InChI is InChI=1S/C26H38O5.C10H17ClO3.C10H17IO3.C10H16O3.C6H12O.C4H5ClO2.HI.Na/c1-18(20-14-12-19(13-15-20)16-21-8-7-11-23(21)27)24(28)17-26(2,3)31-25(29)30-22-9-5-4-6-10-22;2*1-10(2,11)14-9(12)13-8-6-4-3-5-7-8;1-8(2)12-10(11)13-9-6-4-3-5-7-9;7-6-4-2-1-3-5-6;1-3(2)7-4(5)6;;/h12-15,18,21-23,27H,4-11,16-17H2,1-3H3;2*8H,3-7H2,1-2H3;9H,1,3-7H2,2H3;6-7H,1-5H2;1H2,2H3;1H;/q;;;;;;;+1/p-1/t18-,21+,23-;;;;;;;/m0......./s1. The number of carbonyl (C=O) groups excluding carboxylic acids is 6. The molecular formula is C66H105Cl2I2NaO17. The van der Waals surface area contributed by atoms with E-state index in [9.17, 15) is 33.9 Å². The molecule has 0 radical (unpaired) electrons. The van der Waals surface area contributed by atoms with Crippen LogP contribution in [-0.2, 0) is 53.8 Å². The Balaban J connectivity index is 0.00000112. The third kappa shape index (κ3) is 44.4. The van der Waals surface area contributed by atoms with Crippen LogP contribution in [0.15, 0.2) is 48.9 Å². The molecular weight excluding hydrogens is 1410 g/mol. The predicted molar refractivity (Wildman–Crippen MR) is 342 cm³/mol. The molecule has 0 heterocycles. The number of carbonyl (C=O) groups is 6. The normalized spacial score (nSPS) is 19.6. The second-order valence-electron chi connectivity index (χ2n) is 25.0. The minimum Gasteiger partial charge on any atom is -1.00 e. The molecule has 6 aliphatic carbocycles. The predicted octanol–water partition coefficient (Wildman–Crippen LogP) is 13.0. The van der Waals surface area contributed by atoms with Gasteiger partial charge in [0.15, 0.2) is 8.67 Å². The first kappa shape index (κ1) is 85.9. The fourth-order valence-corrected chi connectivity index (χ4v) is 11.0. The van der Waals surface area contributed by atoms with Gasteiger partial charge in [-0.15, -0.1) is 0 Å². The minimum atomic E-state index is -0.980. The minimum absolute atomic E-state index is 0. The van der Waals surface area contributed by atoms with E-state index in [0.717, 1.165) is 147 Å². The summed E-state index contributed by atoms with van der Waals surface area (Å²) in [5.74, 6) is 0.787. The zero-order valence-electron chi connectivity index (χ0n) is 54.6. The molecule has 17 nitrogen and oxygen atoms in total. The molecule has 3 atom stereocenters. The first-order valence-electron chi connectivity index (χ1n) is 31.5. The van der Waals surface area contributed by atoms with Crippen LogP contribution in [0.2, 0.25) is 0 Å². The second kappa shape index (κ2) is 46.9. The molecule has 2 N–H and O–H groups in total. The Morgan fingerprint density at radius 2 is 0.909 bits per heavy atom. The number of aliphatic hydroxyl groups is 2. The molecule has 6 fully saturated rings. The van der Waals surface area contributed by atoms with Gasteiger partial charge in [-0.05, 0) is 230 Å². The number of Topliss-reactive ketones (excluding diaryl/α,β-unsaturated/α-hetero) is 1. The van der Waals surface area contributed by atoms with Gasteiger partial charge in [0.25, 0.3) is 0 Å². The summed E-state index contributed by atoms with van der Waals surface area (Å²) in [5.41, 5.74) is 0.410. The Hall–Kier alpha value is -2.12. The number of halogens is 4. The number of ketones is 1. The summed E-state index contributed by atoms with van der Waals surface area (Å²) in [6, 6.07) is 8.13. The largest absolute Gasteiger partial charge is 1.00 e. The van der Waals surface area contributed by atoms with Crippen molar-refractivity contribution in [3.8, 4) is 0 Å². The summed E-state index contributed by atoms with van der Waals surface area (Å²) in [7, 11) is 0. The van der Waals surface area contributed by atoms with Gasteiger partial charge in [0.05, 0.1) is 18.0 Å². The summed E-state index contributed by atoms with van der Waals surface area (Å²) in [4.78, 5) is 68.3. The molecule has 0 amide bonds. The molecule has 1 aromatic rings. The third-order valence-electron chi connectivity index (χ3n) is 15.0. The molecule has 0 aliphatic heterocycles. The Kier molecular flexibility index (Phi) is 45.7. The van der Waals surface area contributed by atoms with Crippen molar-refractivity contribution in [2.75, 3.05) is 0 Å². The molecule has 0 aromatic heterocycles. The van der Waals surface area contributed by atoms with Crippen LogP contribution in [0.4, 0.5) is 24.0 Å². The molecule has 0 unspecified atom stereocenters. The number of aliphatic hydroxyl groups excluding tert-OH is 2. The summed E-state index contributed by atoms with van der Waals surface area (Å²) in [6.07, 6.45) is 29.0. The number of alkyl halides is 2. The number of ether oxygens (including phenoxy) is 9. The first-order chi connectivity index (χ1) is 40.4. The fourth-order valence-electron chi connectivity index (χ4n) is 10.6. The molecule has 0 bridgehead atoms. The van der Waals surface area contributed by atoms with Crippen molar-refractivity contribution in [1.29, 1.82) is 0 Å². The second-order valence-corrected chi connectivity index (χ2v) is 28.8. The Morgan fingerprint density at radius 3 is 1.22 bits per heavy atom. The van der Waals surface area contributed by atoms with Crippen LogP contribution in [-0.4, -0.2) is 96.9 Å². The van der Waals surface area contributed by atoms with Crippen LogP contribution in [0.5, 0.6) is 0 Å². The van der Waals surface area contributed by atoms with Crippen LogP contribution in [0, 0.1) is 5.92 Å². The Labute approximate surface area is 589 Å². The molecule has 22 heteroatoms. The van der Waals surface area contributed by atoms with Gasteiger partial charge in [-0.3, -0.25) is 4.79 Å². The maximum Gasteiger partial charge on any atom is 1.00 e. The number of benzene rings is 1. The van der Waals surface area contributed by atoms with Crippen molar-refractivity contribution in [2.24, 2.45) is 5.92 Å². The molecule has 1 aromatic carbocycles. The monoisotopic (exact) mass is 1520 g/mol. The van der Waals surface area contributed by atoms with Gasteiger partial charge in [0.2, 0.25) is 0 Å². The van der Waals surface area contributed by atoms with E-state index in [1.54, 1.807) is 41.5 Å². The van der Waals surface area contributed by atoms with Gasteiger partial charge < -0.3 is 76.8 Å². The van der Waals surface area contributed by atoms with Gasteiger partial charge in [0.1, 0.15) is 41.6 Å². The zero-order chi connectivity index (χ0) is 64.3. The maximum atomic E-state index is 12.9. The third-order valence-corrected chi connectivity index (χ3v) is 15.4. The molecule has 0 spiro atoms. The van der Waals surface area contributed by atoms with Gasteiger partial charge in [0, 0.05) is 23.9 Å². The number of hydrogen-bond acceptors (Lipinski definition) is 17. The van der Waals surface area contributed by atoms with Crippen LogP contribution in [0.3, 0.4) is 0 Å². The molecule has 6 aliphatic rings. The van der Waals surface area contributed by atoms with Crippen LogP contribution >= 0.6 is 45.8 Å². The van der Waals surface area contributed by atoms with Crippen LogP contribution in [0.25, 0.3) is 0 Å². The molecule has 7 rings (SSSR count). The van der Waals surface area contributed by atoms with E-state index in [-0.39, 0.29) is 108 Å². The van der Waals surface area contributed by atoms with Crippen molar-refractivity contribution in [2.45, 2.75) is 312 Å². The number of hydrogen-bond donors (Lipinski definition) is 2. The zero-order valence-corrected chi connectivity index (χ0v) is 62.4. The van der Waals surface area contributed by atoms with Gasteiger partial charge in [-0.2, -0.15) is 0 Å². The topological polar surface area (TPSA) is 226 Å². The van der Waals surface area contributed by atoms with E-state index in [2.05, 4.69) is 52.6 Å². The van der Waals surface area contributed by atoms with Crippen LogP contribution < -0.4 is 53.5 Å². The van der Waals surface area contributed by atoms with Gasteiger partial charge in [-0.1, -0.05) is 107 Å². The van der Waals surface area contributed by atoms with Crippen molar-refractivity contribution < 1.29 is 135 Å². The van der Waals surface area contributed by atoms with Gasteiger partial charge >= 0.3 is 59.6 Å². The maximum absolute atomic E-state index is 12.9. The molecule has 500 valence electrons. The van der Waals surface area contributed by atoms with Crippen molar-refractivity contribution >= 4 is 81.6 Å². The van der Waals surface area contributed by atoms with Crippen molar-refractivity contribution in [3.63, 3.8) is 0 Å². The fraction of sp³-hybridized carbons (Fsp3) is 0.758. The summed E-state index contributed by atoms with van der Waals surface area (Å²) in [5, 5.41) is 18.0. The summed E-state index contributed by atoms with van der Waals surface area (Å²) < 4.78 is 44.6. The first-order valence-corrected chi connectivity index (χ1v) is 33.3. The van der Waals surface area contributed by atoms with Crippen molar-refractivity contribution in [3.05, 3.63) is 60.1 Å².